The second kappa shape index (κ2) is 5.53. The van der Waals surface area contributed by atoms with Crippen molar-refractivity contribution in [3.63, 3.8) is 0 Å². The third-order valence-electron chi connectivity index (χ3n) is 3.51. The number of aryl methyl sites for hydroxylation is 1. The van der Waals surface area contributed by atoms with Gasteiger partial charge >= 0.3 is 0 Å². The smallest absolute Gasteiger partial charge is 0.128 e. The van der Waals surface area contributed by atoms with Gasteiger partial charge in [0, 0.05) is 25.7 Å². The number of furan rings is 1. The van der Waals surface area contributed by atoms with E-state index in [1.54, 1.807) is 6.26 Å². The number of hydrogen-bond donors (Lipinski definition) is 0. The zero-order chi connectivity index (χ0) is 13.1. The van der Waals surface area contributed by atoms with Gasteiger partial charge in [0.1, 0.15) is 11.6 Å². The molecule has 1 aliphatic rings. The molecule has 0 atom stereocenters. The normalized spacial score (nSPS) is 15.4. The molecule has 0 N–H and O–H groups in total. The minimum Gasteiger partial charge on any atom is -0.468 e. The molecule has 0 unspecified atom stereocenters. The lowest BCUT2D eigenvalue weighted by Gasteiger charge is -2.27. The van der Waals surface area contributed by atoms with Crippen LogP contribution in [0, 0.1) is 0 Å². The van der Waals surface area contributed by atoms with E-state index in [1.165, 1.54) is 11.3 Å². The third-order valence-corrected chi connectivity index (χ3v) is 3.51. The molecule has 0 amide bonds. The SMILES string of the molecule is CCCc1ncc2c(n1)CN(Cc1ccco1)CC2. The highest BCUT2D eigenvalue weighted by Crippen LogP contribution is 2.18. The molecular formula is C15H19N3O. The number of fused-ring (bicyclic) bond motifs is 1. The number of aromatic nitrogens is 2. The Labute approximate surface area is 113 Å². The minimum absolute atomic E-state index is 0.861. The van der Waals surface area contributed by atoms with E-state index >= 15 is 0 Å². The summed E-state index contributed by atoms with van der Waals surface area (Å²) >= 11 is 0. The third kappa shape index (κ3) is 2.84. The topological polar surface area (TPSA) is 42.2 Å². The molecule has 0 fully saturated rings. The molecule has 0 spiro atoms. The molecule has 100 valence electrons. The van der Waals surface area contributed by atoms with Gasteiger partial charge in [-0.05, 0) is 30.5 Å². The summed E-state index contributed by atoms with van der Waals surface area (Å²) in [7, 11) is 0. The minimum atomic E-state index is 0.861. The van der Waals surface area contributed by atoms with Gasteiger partial charge in [-0.3, -0.25) is 4.90 Å². The summed E-state index contributed by atoms with van der Waals surface area (Å²) < 4.78 is 5.41. The molecule has 3 heterocycles. The van der Waals surface area contributed by atoms with E-state index < -0.39 is 0 Å². The molecule has 4 nitrogen and oxygen atoms in total. The summed E-state index contributed by atoms with van der Waals surface area (Å²) in [5.74, 6) is 1.99. The molecule has 19 heavy (non-hydrogen) atoms. The fourth-order valence-corrected chi connectivity index (χ4v) is 2.50. The number of rotatable bonds is 4. The molecule has 0 saturated carbocycles. The number of nitrogens with zero attached hydrogens (tertiary/aromatic N) is 3. The summed E-state index contributed by atoms with van der Waals surface area (Å²) in [4.78, 5) is 11.5. The zero-order valence-corrected chi connectivity index (χ0v) is 11.3. The van der Waals surface area contributed by atoms with Gasteiger partial charge < -0.3 is 4.42 Å². The molecule has 1 aliphatic heterocycles. The van der Waals surface area contributed by atoms with Crippen molar-refractivity contribution in [3.05, 3.63) is 47.4 Å². The van der Waals surface area contributed by atoms with E-state index in [-0.39, 0.29) is 0 Å². The first kappa shape index (κ1) is 12.4. The lowest BCUT2D eigenvalue weighted by atomic mass is 10.1. The van der Waals surface area contributed by atoms with Crippen LogP contribution in [0.2, 0.25) is 0 Å². The van der Waals surface area contributed by atoms with E-state index in [0.29, 0.717) is 0 Å². The van der Waals surface area contributed by atoms with Crippen molar-refractivity contribution in [2.24, 2.45) is 0 Å². The van der Waals surface area contributed by atoms with Crippen molar-refractivity contribution in [2.45, 2.75) is 39.3 Å². The van der Waals surface area contributed by atoms with Gasteiger partial charge in [0.15, 0.2) is 0 Å². The highest BCUT2D eigenvalue weighted by Gasteiger charge is 2.19. The van der Waals surface area contributed by atoms with Crippen LogP contribution < -0.4 is 0 Å². The summed E-state index contributed by atoms with van der Waals surface area (Å²) in [5.41, 5.74) is 2.49. The lowest BCUT2D eigenvalue weighted by Crippen LogP contribution is -2.31. The van der Waals surface area contributed by atoms with Crippen LogP contribution in [-0.4, -0.2) is 21.4 Å². The van der Waals surface area contributed by atoms with Gasteiger partial charge in [-0.15, -0.1) is 0 Å². The van der Waals surface area contributed by atoms with E-state index in [4.69, 9.17) is 9.40 Å². The molecule has 0 bridgehead atoms. The van der Waals surface area contributed by atoms with Gasteiger partial charge in [-0.1, -0.05) is 6.92 Å². The molecule has 0 aromatic carbocycles. The molecule has 0 radical (unpaired) electrons. The van der Waals surface area contributed by atoms with Crippen molar-refractivity contribution in [2.75, 3.05) is 6.54 Å². The van der Waals surface area contributed by atoms with Gasteiger partial charge in [0.25, 0.3) is 0 Å². The van der Waals surface area contributed by atoms with E-state index in [2.05, 4.69) is 16.8 Å². The highest BCUT2D eigenvalue weighted by molar-refractivity contribution is 5.21. The summed E-state index contributed by atoms with van der Waals surface area (Å²) in [6.45, 7) is 4.96. The zero-order valence-electron chi connectivity index (χ0n) is 11.3. The van der Waals surface area contributed by atoms with Gasteiger partial charge in [-0.25, -0.2) is 9.97 Å². The summed E-state index contributed by atoms with van der Waals surface area (Å²) in [6.07, 6.45) is 6.83. The van der Waals surface area contributed by atoms with Crippen LogP contribution in [-0.2, 0) is 25.9 Å². The molecule has 2 aromatic rings. The van der Waals surface area contributed by atoms with Crippen LogP contribution in [0.15, 0.2) is 29.0 Å². The second-order valence-corrected chi connectivity index (χ2v) is 5.05. The van der Waals surface area contributed by atoms with Crippen LogP contribution in [0.3, 0.4) is 0 Å². The van der Waals surface area contributed by atoms with Crippen molar-refractivity contribution in [3.8, 4) is 0 Å². The van der Waals surface area contributed by atoms with Crippen LogP contribution in [0.1, 0.15) is 36.2 Å². The predicted octanol–water partition coefficient (Wildman–Crippen LogP) is 2.58. The largest absolute Gasteiger partial charge is 0.468 e. The average molecular weight is 257 g/mol. The first-order valence-electron chi connectivity index (χ1n) is 6.93. The average Bonchev–Trinajstić information content (AvgIpc) is 2.92. The van der Waals surface area contributed by atoms with Crippen LogP contribution in [0.4, 0.5) is 0 Å². The summed E-state index contributed by atoms with van der Waals surface area (Å²) in [6, 6.07) is 3.97. The Morgan fingerprint density at radius 1 is 1.42 bits per heavy atom. The quantitative estimate of drug-likeness (QED) is 0.844. The van der Waals surface area contributed by atoms with Crippen LogP contribution >= 0.6 is 0 Å². The maximum Gasteiger partial charge on any atom is 0.128 e. The van der Waals surface area contributed by atoms with Crippen LogP contribution in [0.5, 0.6) is 0 Å². The fraction of sp³-hybridized carbons (Fsp3) is 0.467. The van der Waals surface area contributed by atoms with E-state index in [9.17, 15) is 0 Å². The lowest BCUT2D eigenvalue weighted by molar-refractivity contribution is 0.221. The standard InChI is InChI=1S/C15H19N3O/c1-2-4-15-16-9-12-6-7-18(11-14(12)17-15)10-13-5-3-8-19-13/h3,5,8-9H,2,4,6-7,10-11H2,1H3. The maximum absolute atomic E-state index is 5.41. The number of hydrogen-bond acceptors (Lipinski definition) is 4. The van der Waals surface area contributed by atoms with Crippen molar-refractivity contribution >= 4 is 0 Å². The molecule has 0 aliphatic carbocycles. The highest BCUT2D eigenvalue weighted by atomic mass is 16.3. The van der Waals surface area contributed by atoms with Gasteiger partial charge in [0.05, 0.1) is 18.5 Å². The maximum atomic E-state index is 5.41. The van der Waals surface area contributed by atoms with Crippen molar-refractivity contribution in [1.82, 2.24) is 14.9 Å². The first-order valence-corrected chi connectivity index (χ1v) is 6.93. The van der Waals surface area contributed by atoms with Crippen molar-refractivity contribution < 1.29 is 4.42 Å². The first-order chi connectivity index (χ1) is 9.35. The second-order valence-electron chi connectivity index (χ2n) is 5.05. The van der Waals surface area contributed by atoms with Gasteiger partial charge in [-0.2, -0.15) is 0 Å². The molecule has 4 heteroatoms. The van der Waals surface area contributed by atoms with Gasteiger partial charge in [0.2, 0.25) is 0 Å². The Hall–Kier alpha value is -1.68. The molecule has 2 aromatic heterocycles. The summed E-state index contributed by atoms with van der Waals surface area (Å²) in [5, 5.41) is 0. The fourth-order valence-electron chi connectivity index (χ4n) is 2.50. The monoisotopic (exact) mass is 257 g/mol. The van der Waals surface area contributed by atoms with E-state index in [0.717, 1.165) is 50.5 Å². The Morgan fingerprint density at radius 2 is 2.37 bits per heavy atom. The molecular weight excluding hydrogens is 238 g/mol. The molecule has 0 saturated heterocycles. The van der Waals surface area contributed by atoms with Crippen molar-refractivity contribution in [1.29, 1.82) is 0 Å². The Morgan fingerprint density at radius 3 is 3.16 bits per heavy atom. The molecule has 3 rings (SSSR count). The van der Waals surface area contributed by atoms with Crippen LogP contribution in [0.25, 0.3) is 0 Å². The van der Waals surface area contributed by atoms with E-state index in [1.807, 2.05) is 18.3 Å². The Balaban J connectivity index is 1.72. The Bertz CT molecular complexity index is 536. The predicted molar refractivity (Wildman–Crippen MR) is 72.6 cm³/mol. The Kier molecular flexibility index (Phi) is 3.60.